The Morgan fingerprint density at radius 1 is 1.03 bits per heavy atom. The van der Waals surface area contributed by atoms with Crippen molar-refractivity contribution in [2.24, 2.45) is 0 Å². The van der Waals surface area contributed by atoms with Gasteiger partial charge in [0.05, 0.1) is 28.5 Å². The van der Waals surface area contributed by atoms with E-state index >= 15 is 0 Å². The van der Waals surface area contributed by atoms with Gasteiger partial charge in [0.25, 0.3) is 0 Å². The lowest BCUT2D eigenvalue weighted by Crippen LogP contribution is -2.50. The van der Waals surface area contributed by atoms with Crippen LogP contribution in [0.5, 0.6) is 0 Å². The van der Waals surface area contributed by atoms with Gasteiger partial charge in [-0.3, -0.25) is 9.78 Å². The van der Waals surface area contributed by atoms with Gasteiger partial charge in [0.2, 0.25) is 15.9 Å². The number of hydrogen-bond acceptors (Lipinski definition) is 5. The molecule has 0 aliphatic carbocycles. The average Bonchev–Trinajstić information content (AvgIpc) is 2.81. The van der Waals surface area contributed by atoms with E-state index in [1.807, 2.05) is 44.2 Å². The fourth-order valence-corrected chi connectivity index (χ4v) is 5.54. The van der Waals surface area contributed by atoms with E-state index in [4.69, 9.17) is 5.26 Å². The second kappa shape index (κ2) is 8.69. The van der Waals surface area contributed by atoms with Crippen molar-refractivity contribution in [1.29, 1.82) is 5.26 Å². The Balaban J connectivity index is 1.45. The number of aromatic nitrogens is 1. The third-order valence-electron chi connectivity index (χ3n) is 6.03. The van der Waals surface area contributed by atoms with Crippen LogP contribution in [-0.4, -0.2) is 54.7 Å². The molecular weight excluding hydrogens is 424 g/mol. The Morgan fingerprint density at radius 2 is 1.69 bits per heavy atom. The molecule has 8 heteroatoms. The summed E-state index contributed by atoms with van der Waals surface area (Å²) < 4.78 is 27.2. The highest BCUT2D eigenvalue weighted by Gasteiger charge is 2.30. The van der Waals surface area contributed by atoms with E-state index in [0.717, 1.165) is 27.7 Å². The molecular formula is C24H24N4O3S. The van der Waals surface area contributed by atoms with Crippen LogP contribution in [0.2, 0.25) is 0 Å². The van der Waals surface area contributed by atoms with E-state index in [2.05, 4.69) is 4.98 Å². The molecule has 2 heterocycles. The minimum atomic E-state index is -3.66. The van der Waals surface area contributed by atoms with Crippen LogP contribution in [0.25, 0.3) is 10.9 Å². The Bertz CT molecular complexity index is 1320. The number of pyridine rings is 1. The number of para-hydroxylation sites is 1. The van der Waals surface area contributed by atoms with E-state index in [1.165, 1.54) is 28.6 Å². The quantitative estimate of drug-likeness (QED) is 0.612. The van der Waals surface area contributed by atoms with E-state index in [-0.39, 0.29) is 30.3 Å². The number of benzene rings is 2. The van der Waals surface area contributed by atoms with Crippen LogP contribution in [0.4, 0.5) is 0 Å². The first-order valence-electron chi connectivity index (χ1n) is 10.4. The maximum absolute atomic E-state index is 13.0. The molecule has 1 saturated heterocycles. The molecule has 1 amide bonds. The molecule has 1 aromatic heterocycles. The summed E-state index contributed by atoms with van der Waals surface area (Å²) in [5, 5.41) is 9.94. The van der Waals surface area contributed by atoms with E-state index in [1.54, 1.807) is 4.90 Å². The van der Waals surface area contributed by atoms with Crippen molar-refractivity contribution in [2.45, 2.75) is 25.2 Å². The average molecular weight is 449 g/mol. The summed E-state index contributed by atoms with van der Waals surface area (Å²) in [5.74, 6) is -0.0243. The first-order valence-corrected chi connectivity index (χ1v) is 11.9. The van der Waals surface area contributed by atoms with Gasteiger partial charge in [-0.1, -0.05) is 18.2 Å². The molecule has 0 spiro atoms. The van der Waals surface area contributed by atoms with Crippen LogP contribution in [-0.2, 0) is 21.2 Å². The van der Waals surface area contributed by atoms with Gasteiger partial charge in [-0.05, 0) is 55.3 Å². The third-order valence-corrected chi connectivity index (χ3v) is 7.94. The number of hydrogen-bond donors (Lipinski definition) is 0. The van der Waals surface area contributed by atoms with Crippen LogP contribution in [0.3, 0.4) is 0 Å². The molecule has 1 aliphatic rings. The molecule has 0 atom stereocenters. The number of sulfonamides is 1. The molecule has 4 rings (SSSR count). The van der Waals surface area contributed by atoms with E-state index < -0.39 is 10.0 Å². The maximum Gasteiger partial charge on any atom is 0.243 e. The molecule has 2 aromatic carbocycles. The molecule has 7 nitrogen and oxygen atoms in total. The fourth-order valence-electron chi connectivity index (χ4n) is 4.12. The summed E-state index contributed by atoms with van der Waals surface area (Å²) >= 11 is 0. The van der Waals surface area contributed by atoms with Crippen molar-refractivity contribution in [3.05, 3.63) is 70.9 Å². The van der Waals surface area contributed by atoms with Crippen LogP contribution in [0.1, 0.15) is 22.4 Å². The fraction of sp³-hybridized carbons (Fsp3) is 0.292. The number of carbonyl (C=O) groups excluding carboxylic acids is 1. The number of nitriles is 1. The first-order chi connectivity index (χ1) is 15.3. The lowest BCUT2D eigenvalue weighted by molar-refractivity contribution is -0.131. The Morgan fingerprint density at radius 3 is 2.34 bits per heavy atom. The summed E-state index contributed by atoms with van der Waals surface area (Å²) in [6, 6.07) is 15.8. The molecule has 0 N–H and O–H groups in total. The number of carbonyl (C=O) groups is 1. The molecule has 1 fully saturated rings. The number of amides is 1. The Kier molecular flexibility index (Phi) is 5.96. The zero-order valence-corrected chi connectivity index (χ0v) is 18.9. The van der Waals surface area contributed by atoms with E-state index in [0.29, 0.717) is 18.7 Å². The van der Waals surface area contributed by atoms with Crippen molar-refractivity contribution in [1.82, 2.24) is 14.2 Å². The van der Waals surface area contributed by atoms with Crippen LogP contribution in [0, 0.1) is 25.2 Å². The summed E-state index contributed by atoms with van der Waals surface area (Å²) in [5.41, 5.74) is 4.16. The Labute approximate surface area is 188 Å². The number of rotatable bonds is 4. The van der Waals surface area contributed by atoms with Crippen LogP contribution in [0.15, 0.2) is 53.4 Å². The van der Waals surface area contributed by atoms with Crippen LogP contribution >= 0.6 is 0 Å². The summed E-state index contributed by atoms with van der Waals surface area (Å²) in [6.07, 6.45) is 0.248. The second-order valence-electron chi connectivity index (χ2n) is 7.92. The van der Waals surface area contributed by atoms with Crippen molar-refractivity contribution in [2.75, 3.05) is 26.2 Å². The SMILES string of the molecule is Cc1nc2ccccc2c(C)c1CC(=O)N1CCN(S(=O)(=O)c2ccc(C#N)cc2)CC1. The van der Waals surface area contributed by atoms with Crippen molar-refractivity contribution >= 4 is 26.8 Å². The van der Waals surface area contributed by atoms with Crippen molar-refractivity contribution < 1.29 is 13.2 Å². The molecule has 0 radical (unpaired) electrons. The number of aryl methyl sites for hydroxylation is 2. The molecule has 0 saturated carbocycles. The highest BCUT2D eigenvalue weighted by molar-refractivity contribution is 7.89. The zero-order chi connectivity index (χ0) is 22.9. The molecule has 32 heavy (non-hydrogen) atoms. The highest BCUT2D eigenvalue weighted by Crippen LogP contribution is 2.24. The number of nitrogens with zero attached hydrogens (tertiary/aromatic N) is 4. The van der Waals surface area contributed by atoms with Gasteiger partial charge in [-0.15, -0.1) is 0 Å². The minimum Gasteiger partial charge on any atom is -0.340 e. The third kappa shape index (κ3) is 4.09. The number of fused-ring (bicyclic) bond motifs is 1. The van der Waals surface area contributed by atoms with Crippen molar-refractivity contribution in [3.63, 3.8) is 0 Å². The molecule has 164 valence electrons. The summed E-state index contributed by atoms with van der Waals surface area (Å²) in [6.45, 7) is 5.09. The van der Waals surface area contributed by atoms with E-state index in [9.17, 15) is 13.2 Å². The summed E-state index contributed by atoms with van der Waals surface area (Å²) in [7, 11) is -3.66. The van der Waals surface area contributed by atoms with Crippen molar-refractivity contribution in [3.8, 4) is 6.07 Å². The smallest absolute Gasteiger partial charge is 0.243 e. The second-order valence-corrected chi connectivity index (χ2v) is 9.85. The molecule has 0 unspecified atom stereocenters. The lowest BCUT2D eigenvalue weighted by Gasteiger charge is -2.34. The van der Waals surface area contributed by atoms with Gasteiger partial charge < -0.3 is 4.90 Å². The van der Waals surface area contributed by atoms with Gasteiger partial charge in [-0.2, -0.15) is 9.57 Å². The van der Waals surface area contributed by atoms with Gasteiger partial charge in [0.15, 0.2) is 0 Å². The topological polar surface area (TPSA) is 94.4 Å². The normalized spacial score (nSPS) is 15.0. The standard InChI is InChI=1S/C24H24N4O3S/c1-17-21-5-3-4-6-23(21)26-18(2)22(17)15-24(29)27-11-13-28(14-12-27)32(30,31)20-9-7-19(16-25)8-10-20/h3-10H,11-15H2,1-2H3. The largest absolute Gasteiger partial charge is 0.340 e. The predicted molar refractivity (Wildman–Crippen MR) is 121 cm³/mol. The predicted octanol–water partition coefficient (Wildman–Crippen LogP) is 2.80. The number of piperazine rings is 1. The van der Waals surface area contributed by atoms with Gasteiger partial charge in [0.1, 0.15) is 0 Å². The molecule has 3 aromatic rings. The molecule has 1 aliphatic heterocycles. The zero-order valence-electron chi connectivity index (χ0n) is 18.1. The highest BCUT2D eigenvalue weighted by atomic mass is 32.2. The maximum atomic E-state index is 13.0. The lowest BCUT2D eigenvalue weighted by atomic mass is 9.99. The minimum absolute atomic E-state index is 0.0243. The van der Waals surface area contributed by atoms with Crippen LogP contribution < -0.4 is 0 Å². The first kappa shape index (κ1) is 21.9. The van der Waals surface area contributed by atoms with Gasteiger partial charge >= 0.3 is 0 Å². The molecule has 0 bridgehead atoms. The Hall–Kier alpha value is -3.28. The van der Waals surface area contributed by atoms with Gasteiger partial charge in [0, 0.05) is 37.3 Å². The van der Waals surface area contributed by atoms with Gasteiger partial charge in [-0.25, -0.2) is 8.42 Å². The monoisotopic (exact) mass is 448 g/mol. The summed E-state index contributed by atoms with van der Waals surface area (Å²) in [4.78, 5) is 19.5.